The average molecular weight is 511 g/mol. The molecule has 5 N–H and O–H groups in total. The fraction of sp³-hybridized carbons (Fsp3) is 0.545. The van der Waals surface area contributed by atoms with Gasteiger partial charge < -0.3 is 26.0 Å². The molecule has 2 saturated carbocycles. The standard InChI is InChI=1S/C22H25F3N6O3S/c1-9-14(20-30-16-13(35-20)4-5-26-15(16)10-2-3-10)19(31-21(28-9)27-8-22(23,24)25)29-12-6-11(7-32)17(33)18(12)34/h4-5,10-12,17-18,32-34H,2-3,6-8H2,1H3,(H2,27,28,29,31)/t11-,12-,17-,18+/m1/s1. The van der Waals surface area contributed by atoms with Crippen LogP contribution in [0.15, 0.2) is 12.3 Å². The van der Waals surface area contributed by atoms with Gasteiger partial charge in [0.25, 0.3) is 0 Å². The molecule has 3 aromatic heterocycles. The maximum Gasteiger partial charge on any atom is 0.405 e. The molecule has 4 atom stereocenters. The van der Waals surface area contributed by atoms with Crippen LogP contribution >= 0.6 is 11.3 Å². The van der Waals surface area contributed by atoms with Gasteiger partial charge in [-0.05, 0) is 32.3 Å². The van der Waals surface area contributed by atoms with Crippen molar-refractivity contribution in [2.75, 3.05) is 23.8 Å². The summed E-state index contributed by atoms with van der Waals surface area (Å²) in [6.07, 6.45) is -2.67. The van der Waals surface area contributed by atoms with E-state index in [1.165, 1.54) is 11.3 Å². The number of aliphatic hydroxyl groups excluding tert-OH is 3. The van der Waals surface area contributed by atoms with Gasteiger partial charge in [0.2, 0.25) is 5.95 Å². The molecule has 2 aliphatic carbocycles. The highest BCUT2D eigenvalue weighted by molar-refractivity contribution is 7.21. The first-order valence-electron chi connectivity index (χ1n) is 11.3. The van der Waals surface area contributed by atoms with Gasteiger partial charge >= 0.3 is 6.18 Å². The maximum absolute atomic E-state index is 12.8. The molecule has 3 aromatic rings. The minimum Gasteiger partial charge on any atom is -0.396 e. The van der Waals surface area contributed by atoms with Crippen LogP contribution in [-0.4, -0.2) is 72.8 Å². The highest BCUT2D eigenvalue weighted by atomic mass is 32.1. The Morgan fingerprint density at radius 3 is 2.57 bits per heavy atom. The second-order valence-corrected chi connectivity index (χ2v) is 10.1. The van der Waals surface area contributed by atoms with Crippen LogP contribution in [0, 0.1) is 12.8 Å². The lowest BCUT2D eigenvalue weighted by Crippen LogP contribution is -2.36. The van der Waals surface area contributed by atoms with Crippen molar-refractivity contribution in [3.05, 3.63) is 23.7 Å². The number of pyridine rings is 1. The highest BCUT2D eigenvalue weighted by Gasteiger charge is 2.42. The van der Waals surface area contributed by atoms with E-state index in [-0.39, 0.29) is 24.8 Å². The van der Waals surface area contributed by atoms with Crippen molar-refractivity contribution < 1.29 is 28.5 Å². The van der Waals surface area contributed by atoms with E-state index in [2.05, 4.69) is 25.6 Å². The fourth-order valence-electron chi connectivity index (χ4n) is 4.45. The summed E-state index contributed by atoms with van der Waals surface area (Å²) in [5.74, 6) is -0.189. The SMILES string of the molecule is Cc1nc(NCC(F)(F)F)nc(N[C@@H]2C[C@H](CO)[C@@H](O)[C@H]2O)c1-c1nc2c(C3CC3)nccc2s1. The Labute approximate surface area is 202 Å². The van der Waals surface area contributed by atoms with Crippen LogP contribution in [0.1, 0.15) is 36.6 Å². The van der Waals surface area contributed by atoms with Crippen LogP contribution in [0.3, 0.4) is 0 Å². The molecule has 0 bridgehead atoms. The van der Waals surface area contributed by atoms with Crippen molar-refractivity contribution in [2.24, 2.45) is 5.92 Å². The van der Waals surface area contributed by atoms with E-state index in [9.17, 15) is 28.5 Å². The number of aliphatic hydroxyl groups is 3. The normalized spacial score (nSPS) is 24.8. The van der Waals surface area contributed by atoms with Crippen LogP contribution in [0.5, 0.6) is 0 Å². The first kappa shape index (κ1) is 24.1. The van der Waals surface area contributed by atoms with Crippen LogP contribution in [0.2, 0.25) is 0 Å². The molecule has 0 aromatic carbocycles. The molecule has 2 fully saturated rings. The summed E-state index contributed by atoms with van der Waals surface area (Å²) in [5.41, 5.74) is 2.62. The zero-order valence-corrected chi connectivity index (χ0v) is 19.6. The van der Waals surface area contributed by atoms with Gasteiger partial charge in [0.1, 0.15) is 29.0 Å². The Hall–Kier alpha value is -2.61. The quantitative estimate of drug-likeness (QED) is 0.325. The van der Waals surface area contributed by atoms with Crippen molar-refractivity contribution in [3.63, 3.8) is 0 Å². The van der Waals surface area contributed by atoms with E-state index in [4.69, 9.17) is 4.98 Å². The van der Waals surface area contributed by atoms with Gasteiger partial charge in [-0.1, -0.05) is 0 Å². The smallest absolute Gasteiger partial charge is 0.396 e. The first-order chi connectivity index (χ1) is 16.6. The van der Waals surface area contributed by atoms with Crippen molar-refractivity contribution >= 4 is 33.3 Å². The number of aromatic nitrogens is 4. The number of nitrogens with one attached hydrogen (secondary N) is 2. The van der Waals surface area contributed by atoms with Crippen LogP contribution < -0.4 is 10.6 Å². The zero-order chi connectivity index (χ0) is 24.9. The van der Waals surface area contributed by atoms with Gasteiger partial charge in [-0.3, -0.25) is 4.98 Å². The zero-order valence-electron chi connectivity index (χ0n) is 18.7. The van der Waals surface area contributed by atoms with Crippen molar-refractivity contribution in [1.29, 1.82) is 0 Å². The molecule has 0 radical (unpaired) electrons. The number of rotatable bonds is 7. The Morgan fingerprint density at radius 2 is 1.91 bits per heavy atom. The van der Waals surface area contributed by atoms with E-state index >= 15 is 0 Å². The molecule has 9 nitrogen and oxygen atoms in total. The number of anilines is 2. The second-order valence-electron chi connectivity index (χ2n) is 9.07. The number of nitrogens with zero attached hydrogens (tertiary/aromatic N) is 4. The summed E-state index contributed by atoms with van der Waals surface area (Å²) >= 11 is 1.40. The summed E-state index contributed by atoms with van der Waals surface area (Å²) in [6.45, 7) is 0.0446. The number of thiazole rings is 1. The van der Waals surface area contributed by atoms with Crippen molar-refractivity contribution in [1.82, 2.24) is 19.9 Å². The number of alkyl halides is 3. The van der Waals surface area contributed by atoms with Gasteiger partial charge in [0, 0.05) is 24.6 Å². The van der Waals surface area contributed by atoms with Gasteiger partial charge in [-0.25, -0.2) is 9.97 Å². The van der Waals surface area contributed by atoms with Crippen molar-refractivity contribution in [2.45, 2.75) is 56.5 Å². The minimum atomic E-state index is -4.46. The van der Waals surface area contributed by atoms with E-state index in [0.717, 1.165) is 28.8 Å². The summed E-state index contributed by atoms with van der Waals surface area (Å²) < 4.78 is 39.3. The Bertz CT molecular complexity index is 1240. The third kappa shape index (κ3) is 4.90. The number of aryl methyl sites for hydroxylation is 1. The summed E-state index contributed by atoms with van der Waals surface area (Å²) in [7, 11) is 0. The fourth-order valence-corrected chi connectivity index (χ4v) is 5.52. The number of halogens is 3. The van der Waals surface area contributed by atoms with Crippen molar-refractivity contribution in [3.8, 4) is 10.6 Å². The number of hydrogen-bond donors (Lipinski definition) is 5. The van der Waals surface area contributed by atoms with Crippen LogP contribution in [0.4, 0.5) is 24.9 Å². The van der Waals surface area contributed by atoms with Crippen LogP contribution in [0.25, 0.3) is 20.8 Å². The number of fused-ring (bicyclic) bond motifs is 1. The molecule has 3 heterocycles. The summed E-state index contributed by atoms with van der Waals surface area (Å²) in [4.78, 5) is 17.8. The van der Waals surface area contributed by atoms with E-state index < -0.39 is 36.9 Å². The Kier molecular flexibility index (Phi) is 6.28. The molecule has 0 saturated heterocycles. The predicted octanol–water partition coefficient (Wildman–Crippen LogP) is 2.82. The Balaban J connectivity index is 1.56. The molecular weight excluding hydrogens is 485 g/mol. The highest BCUT2D eigenvalue weighted by Crippen LogP contribution is 2.44. The maximum atomic E-state index is 12.8. The summed E-state index contributed by atoms with van der Waals surface area (Å²) in [5, 5.41) is 36.1. The lowest BCUT2D eigenvalue weighted by molar-refractivity contribution is -0.115. The molecule has 13 heteroatoms. The summed E-state index contributed by atoms with van der Waals surface area (Å²) in [6, 6.07) is 1.19. The van der Waals surface area contributed by atoms with E-state index in [1.54, 1.807) is 13.1 Å². The van der Waals surface area contributed by atoms with E-state index in [1.807, 2.05) is 6.07 Å². The third-order valence-corrected chi connectivity index (χ3v) is 7.45. The average Bonchev–Trinajstić information content (AvgIpc) is 3.50. The van der Waals surface area contributed by atoms with Gasteiger partial charge in [-0.2, -0.15) is 18.2 Å². The first-order valence-corrected chi connectivity index (χ1v) is 12.1. The molecular formula is C22H25F3N6O3S. The molecule has 0 unspecified atom stereocenters. The molecule has 0 spiro atoms. The van der Waals surface area contributed by atoms with Gasteiger partial charge in [-0.15, -0.1) is 11.3 Å². The Morgan fingerprint density at radius 1 is 1.14 bits per heavy atom. The lowest BCUT2D eigenvalue weighted by Gasteiger charge is -2.21. The molecule has 0 aliphatic heterocycles. The molecule has 0 amide bonds. The van der Waals surface area contributed by atoms with E-state index in [0.29, 0.717) is 22.2 Å². The topological polar surface area (TPSA) is 136 Å². The lowest BCUT2D eigenvalue weighted by atomic mass is 10.1. The molecule has 5 rings (SSSR count). The van der Waals surface area contributed by atoms with Gasteiger partial charge in [0.15, 0.2) is 0 Å². The second kappa shape index (κ2) is 9.12. The molecule has 35 heavy (non-hydrogen) atoms. The van der Waals surface area contributed by atoms with Gasteiger partial charge in [0.05, 0.1) is 33.8 Å². The van der Waals surface area contributed by atoms with Crippen LogP contribution in [-0.2, 0) is 0 Å². The monoisotopic (exact) mass is 510 g/mol. The molecule has 2 aliphatic rings. The minimum absolute atomic E-state index is 0.192. The molecule has 188 valence electrons. The number of hydrogen-bond acceptors (Lipinski definition) is 10. The largest absolute Gasteiger partial charge is 0.405 e. The third-order valence-electron chi connectivity index (χ3n) is 6.41. The predicted molar refractivity (Wildman–Crippen MR) is 124 cm³/mol.